The van der Waals surface area contributed by atoms with Gasteiger partial charge in [-0.15, -0.1) is 0 Å². The number of hydrogen-bond acceptors (Lipinski definition) is 7. The highest BCUT2D eigenvalue weighted by Crippen LogP contribution is 2.40. The van der Waals surface area contributed by atoms with Gasteiger partial charge in [-0.25, -0.2) is 15.0 Å². The summed E-state index contributed by atoms with van der Waals surface area (Å²) in [6.07, 6.45) is 0. The highest BCUT2D eigenvalue weighted by Gasteiger charge is 2.21. The Kier molecular flexibility index (Phi) is 15.5. The molecule has 17 rings (SSSR count). The van der Waals surface area contributed by atoms with Crippen molar-refractivity contribution in [1.82, 2.24) is 28.7 Å². The molecule has 0 spiro atoms. The van der Waals surface area contributed by atoms with Crippen molar-refractivity contribution in [1.29, 1.82) is 0 Å². The van der Waals surface area contributed by atoms with Crippen LogP contribution in [0.5, 0.6) is 0 Å². The first-order valence-electron chi connectivity index (χ1n) is 33.2. The number of nitrogens with zero attached hydrogens (tertiary/aromatic N) is 7. The first kappa shape index (κ1) is 60.0. The molecule has 100 heavy (non-hydrogen) atoms. The molecule has 14 aromatic carbocycles. The summed E-state index contributed by atoms with van der Waals surface area (Å²) in [7, 11) is 0. The van der Waals surface area contributed by atoms with Gasteiger partial charge in [0.2, 0.25) is 0 Å². The third kappa shape index (κ3) is 11.3. The minimum Gasteiger partial charge on any atom is -0.311 e. The lowest BCUT2D eigenvalue weighted by molar-refractivity contribution is 0.974. The van der Waals surface area contributed by atoms with E-state index in [1.54, 1.807) is 13.7 Å². The molecular formula is C90H59N7O3. The van der Waals surface area contributed by atoms with Crippen molar-refractivity contribution < 1.29 is 0 Å². The minimum atomic E-state index is -0.208. The van der Waals surface area contributed by atoms with Crippen LogP contribution in [0.4, 0.5) is 17.1 Å². The maximum Gasteiger partial charge on any atom is 0.266 e. The Morgan fingerprint density at radius 1 is 0.200 bits per heavy atom. The molecule has 17 aromatic rings. The van der Waals surface area contributed by atoms with Gasteiger partial charge in [0, 0.05) is 33.8 Å². The van der Waals surface area contributed by atoms with Crippen molar-refractivity contribution in [3.63, 3.8) is 0 Å². The smallest absolute Gasteiger partial charge is 0.266 e. The van der Waals surface area contributed by atoms with E-state index in [0.29, 0.717) is 61.6 Å². The summed E-state index contributed by atoms with van der Waals surface area (Å²) in [5.41, 5.74) is 18.8. The van der Waals surface area contributed by atoms with Gasteiger partial charge in [0.15, 0.2) is 0 Å². The molecule has 3 aromatic heterocycles. The molecule has 0 radical (unpaired) electrons. The lowest BCUT2D eigenvalue weighted by Gasteiger charge is -2.26. The van der Waals surface area contributed by atoms with Crippen molar-refractivity contribution in [2.45, 2.75) is 0 Å². The van der Waals surface area contributed by atoms with E-state index in [1.165, 1.54) is 0 Å². The van der Waals surface area contributed by atoms with E-state index in [1.807, 2.05) is 224 Å². The Bertz CT molecular complexity index is 6120. The number of fused-ring (bicyclic) bond motifs is 3. The summed E-state index contributed by atoms with van der Waals surface area (Å²) in [6, 6.07) is 119. The summed E-state index contributed by atoms with van der Waals surface area (Å²) in [5, 5.41) is 1.57. The van der Waals surface area contributed by atoms with E-state index in [9.17, 15) is 9.59 Å². The Morgan fingerprint density at radius 2 is 0.470 bits per heavy atom. The zero-order valence-electron chi connectivity index (χ0n) is 53.9. The van der Waals surface area contributed by atoms with Gasteiger partial charge in [-0.2, -0.15) is 0 Å². The van der Waals surface area contributed by atoms with Crippen LogP contribution in [0.15, 0.2) is 372 Å². The van der Waals surface area contributed by atoms with Crippen molar-refractivity contribution >= 4 is 49.8 Å². The largest absolute Gasteiger partial charge is 0.311 e. The predicted octanol–water partition coefficient (Wildman–Crippen LogP) is 20.6. The van der Waals surface area contributed by atoms with Crippen molar-refractivity contribution in [2.24, 2.45) is 0 Å². The second kappa shape index (κ2) is 25.8. The maximum atomic E-state index is 15.5. The summed E-state index contributed by atoms with van der Waals surface area (Å²) in [6.45, 7) is 0. The standard InChI is InChI=1S/C90H59N7O3/c98-88-79-34-13-15-36-82(79)92-87(95(88)73-30-11-4-12-31-73)67-40-38-61(39-41-67)63-44-51-75(52-45-63)94(74-49-42-62(43-50-74)60-20-5-1-6-21-60)76-53-46-64(47-54-76)68-26-17-27-69(56-68)72-48-55-84-81(59-72)90(100)97(86(93-84)66-24-9-3-10-25-66)78-33-19-29-71(58-78)70-28-18-32-77(57-70)96-85(65-22-7-2-8-23-65)91-83-37-16-14-35-80(83)89(96)99/h1-59H. The second-order valence-electron chi connectivity index (χ2n) is 24.7. The van der Waals surface area contributed by atoms with Crippen molar-refractivity contribution in [3.8, 4) is 107 Å². The van der Waals surface area contributed by atoms with Crippen LogP contribution in [0, 0.1) is 0 Å². The fourth-order valence-electron chi connectivity index (χ4n) is 13.5. The monoisotopic (exact) mass is 1290 g/mol. The zero-order chi connectivity index (χ0) is 67.0. The third-order valence-electron chi connectivity index (χ3n) is 18.5. The fourth-order valence-corrected chi connectivity index (χ4v) is 13.5. The lowest BCUT2D eigenvalue weighted by Crippen LogP contribution is -2.22. The Hall–Kier alpha value is -13.7. The molecule has 0 unspecified atom stereocenters. The third-order valence-corrected chi connectivity index (χ3v) is 18.5. The number of anilines is 3. The van der Waals surface area contributed by atoms with Gasteiger partial charge in [-0.3, -0.25) is 28.1 Å². The molecule has 0 amide bonds. The first-order valence-corrected chi connectivity index (χ1v) is 33.2. The molecule has 0 atom stereocenters. The molecule has 3 heterocycles. The Morgan fingerprint density at radius 3 is 0.930 bits per heavy atom. The summed E-state index contributed by atoms with van der Waals surface area (Å²) in [4.78, 5) is 61.6. The minimum absolute atomic E-state index is 0.115. The van der Waals surface area contributed by atoms with Crippen LogP contribution in [-0.4, -0.2) is 28.7 Å². The zero-order valence-corrected chi connectivity index (χ0v) is 53.9. The normalized spacial score (nSPS) is 11.3. The molecular weight excluding hydrogens is 1230 g/mol. The molecule has 472 valence electrons. The summed E-state index contributed by atoms with van der Waals surface area (Å²) in [5.74, 6) is 1.63. The quantitative estimate of drug-likeness (QED) is 0.107. The molecule has 0 aliphatic carbocycles. The van der Waals surface area contributed by atoms with E-state index in [-0.39, 0.29) is 16.7 Å². The van der Waals surface area contributed by atoms with Crippen LogP contribution in [-0.2, 0) is 0 Å². The number of benzene rings is 14. The molecule has 0 saturated carbocycles. The number of para-hydroxylation sites is 3. The van der Waals surface area contributed by atoms with E-state index in [2.05, 4.69) is 138 Å². The summed E-state index contributed by atoms with van der Waals surface area (Å²) < 4.78 is 5.10. The van der Waals surface area contributed by atoms with Crippen LogP contribution in [0.25, 0.3) is 140 Å². The molecule has 0 saturated heterocycles. The summed E-state index contributed by atoms with van der Waals surface area (Å²) >= 11 is 0. The topological polar surface area (TPSA) is 108 Å². The van der Waals surface area contributed by atoms with E-state index < -0.39 is 0 Å². The SMILES string of the molecule is O=c1c2ccccc2nc(-c2ccc(-c3ccc(N(c4ccc(-c5ccccc5)cc4)c4ccc(-c5cccc(-c6ccc7nc(-c8ccccc8)n(-c8cccc(-c9cccc(-n%10c(-c%11ccccc%11)nc%11ccccc%11c%10=O)c9)c8)c(=O)c7c6)c5)cc4)cc3)cc2)n1-c1ccccc1. The number of rotatable bonds is 14. The van der Waals surface area contributed by atoms with Crippen LogP contribution in [0.3, 0.4) is 0 Å². The van der Waals surface area contributed by atoms with Crippen molar-refractivity contribution in [2.75, 3.05) is 4.90 Å². The van der Waals surface area contributed by atoms with E-state index in [0.717, 1.165) is 95.1 Å². The van der Waals surface area contributed by atoms with Crippen molar-refractivity contribution in [3.05, 3.63) is 389 Å². The van der Waals surface area contributed by atoms with Gasteiger partial charge >= 0.3 is 0 Å². The Balaban J connectivity index is 0.687. The number of hydrogen-bond donors (Lipinski definition) is 0. The average molecular weight is 1290 g/mol. The van der Waals surface area contributed by atoms with Crippen LogP contribution < -0.4 is 21.6 Å². The molecule has 10 heteroatoms. The predicted molar refractivity (Wildman–Crippen MR) is 407 cm³/mol. The van der Waals surface area contributed by atoms with Crippen LogP contribution >= 0.6 is 0 Å². The van der Waals surface area contributed by atoms with E-state index in [4.69, 9.17) is 15.0 Å². The molecule has 0 bridgehead atoms. The fraction of sp³-hybridized carbons (Fsp3) is 0. The highest BCUT2D eigenvalue weighted by atomic mass is 16.1. The van der Waals surface area contributed by atoms with E-state index >= 15 is 4.79 Å². The maximum absolute atomic E-state index is 15.5. The van der Waals surface area contributed by atoms with Crippen LogP contribution in [0.1, 0.15) is 0 Å². The highest BCUT2D eigenvalue weighted by molar-refractivity contribution is 5.89. The Labute approximate surface area is 575 Å². The number of aromatic nitrogens is 6. The molecule has 10 nitrogen and oxygen atoms in total. The molecule has 0 fully saturated rings. The van der Waals surface area contributed by atoms with Gasteiger partial charge in [-0.1, -0.05) is 243 Å². The second-order valence-corrected chi connectivity index (χ2v) is 24.7. The van der Waals surface area contributed by atoms with Gasteiger partial charge in [0.05, 0.1) is 49.8 Å². The van der Waals surface area contributed by atoms with Gasteiger partial charge < -0.3 is 4.90 Å². The van der Waals surface area contributed by atoms with Gasteiger partial charge in [0.1, 0.15) is 17.5 Å². The molecule has 0 N–H and O–H groups in total. The van der Waals surface area contributed by atoms with Gasteiger partial charge in [-0.05, 0) is 171 Å². The lowest BCUT2D eigenvalue weighted by atomic mass is 9.97. The van der Waals surface area contributed by atoms with Gasteiger partial charge in [0.25, 0.3) is 16.7 Å². The first-order chi connectivity index (χ1) is 49.3. The average Bonchev–Trinajstić information content (AvgIpc) is 0.771. The van der Waals surface area contributed by atoms with Crippen LogP contribution in [0.2, 0.25) is 0 Å². The molecule has 0 aliphatic heterocycles. The molecule has 0 aliphatic rings.